The Labute approximate surface area is 123 Å². The van der Waals surface area contributed by atoms with Crippen LogP contribution in [0.15, 0.2) is 30.3 Å². The van der Waals surface area contributed by atoms with Crippen LogP contribution in [0.3, 0.4) is 0 Å². The van der Waals surface area contributed by atoms with Gasteiger partial charge in [0.05, 0.1) is 13.7 Å². The number of halogens is 3. The Bertz CT molecular complexity index is 487. The lowest BCUT2D eigenvalue weighted by Gasteiger charge is -2.12. The van der Waals surface area contributed by atoms with E-state index >= 15 is 0 Å². The van der Waals surface area contributed by atoms with Crippen LogP contribution in [0, 0.1) is 0 Å². The summed E-state index contributed by atoms with van der Waals surface area (Å²) in [5.74, 6) is -4.75. The van der Waals surface area contributed by atoms with Gasteiger partial charge in [-0.15, -0.1) is 0 Å². The van der Waals surface area contributed by atoms with Crippen molar-refractivity contribution in [3.05, 3.63) is 35.9 Å². The van der Waals surface area contributed by atoms with Gasteiger partial charge in [-0.3, -0.25) is 0 Å². The van der Waals surface area contributed by atoms with Gasteiger partial charge in [0.25, 0.3) is 0 Å². The van der Waals surface area contributed by atoms with Crippen LogP contribution in [-0.4, -0.2) is 25.6 Å². The molecule has 0 atom stereocenters. The van der Waals surface area contributed by atoms with E-state index in [9.17, 15) is 13.6 Å². The number of benzene rings is 1. The van der Waals surface area contributed by atoms with Gasteiger partial charge in [0.15, 0.2) is 0 Å². The number of hydrogen-bond acceptors (Lipinski definition) is 3. The predicted octanol–water partition coefficient (Wildman–Crippen LogP) is 3.67. The third-order valence-electron chi connectivity index (χ3n) is 2.22. The first-order valence-corrected chi connectivity index (χ1v) is 6.57. The lowest BCUT2D eigenvalue weighted by atomic mass is 10.1. The van der Waals surface area contributed by atoms with Gasteiger partial charge in [-0.2, -0.15) is 8.78 Å². The summed E-state index contributed by atoms with van der Waals surface area (Å²) in [5.41, 5.74) is 0.495. The lowest BCUT2D eigenvalue weighted by Crippen LogP contribution is -2.28. The summed E-state index contributed by atoms with van der Waals surface area (Å²) in [7, 11) is 1.45. The van der Waals surface area contributed by atoms with Crippen LogP contribution in [0.5, 0.6) is 5.75 Å². The van der Waals surface area contributed by atoms with Crippen LogP contribution in [0.2, 0.25) is 0 Å². The number of methoxy groups -OCH3 is 1. The first-order valence-electron chi connectivity index (χ1n) is 5.49. The molecule has 0 spiro atoms. The van der Waals surface area contributed by atoms with Gasteiger partial charge in [0, 0.05) is 15.2 Å². The Kier molecular flexibility index (Phi) is 5.71. The predicted molar refractivity (Wildman–Crippen MR) is 76.6 cm³/mol. The second kappa shape index (κ2) is 6.83. The summed E-state index contributed by atoms with van der Waals surface area (Å²) in [6.07, 6.45) is 0.573. The molecule has 0 heterocycles. The van der Waals surface area contributed by atoms with Gasteiger partial charge >= 0.3 is 11.9 Å². The average Bonchev–Trinajstić information content (AvgIpc) is 2.38. The van der Waals surface area contributed by atoms with E-state index in [4.69, 9.17) is 4.74 Å². The van der Waals surface area contributed by atoms with Crippen molar-refractivity contribution in [3.8, 4) is 5.75 Å². The number of esters is 1. The Morgan fingerprint density at radius 2 is 2.05 bits per heavy atom. The summed E-state index contributed by atoms with van der Waals surface area (Å²) in [5, 5.41) is 0. The Balaban J connectivity index is 3.07. The Hall–Kier alpha value is -1.18. The molecule has 3 nitrogen and oxygen atoms in total. The largest absolute Gasteiger partial charge is 0.496 e. The van der Waals surface area contributed by atoms with Gasteiger partial charge in [-0.25, -0.2) is 4.79 Å². The number of para-hydroxylation sites is 1. The standard InChI is InChI=1S/C13H13F2IO3/c1-3-19-12(17)13(14,15)8-10(16)9-6-4-5-7-11(9)18-2/h4-8H,3H2,1-2H3/b10-8+. The van der Waals surface area contributed by atoms with Crippen molar-refractivity contribution in [2.75, 3.05) is 13.7 Å². The quantitative estimate of drug-likeness (QED) is 0.576. The summed E-state index contributed by atoms with van der Waals surface area (Å²) in [6, 6.07) is 6.73. The molecule has 0 amide bonds. The molecule has 0 aliphatic heterocycles. The van der Waals surface area contributed by atoms with Crippen molar-refractivity contribution < 1.29 is 23.0 Å². The molecular formula is C13H13F2IO3. The topological polar surface area (TPSA) is 35.5 Å². The maximum absolute atomic E-state index is 13.6. The molecule has 0 N–H and O–H groups in total. The van der Waals surface area contributed by atoms with E-state index in [0.717, 1.165) is 0 Å². The fourth-order valence-electron chi connectivity index (χ4n) is 1.37. The Morgan fingerprint density at radius 3 is 2.63 bits per heavy atom. The van der Waals surface area contributed by atoms with E-state index in [1.54, 1.807) is 46.9 Å². The van der Waals surface area contributed by atoms with Gasteiger partial charge in [-0.1, -0.05) is 18.2 Å². The van der Waals surface area contributed by atoms with E-state index in [0.29, 0.717) is 17.4 Å². The minimum atomic E-state index is -3.66. The van der Waals surface area contributed by atoms with Crippen molar-refractivity contribution >= 4 is 32.1 Å². The number of carbonyl (C=O) groups is 1. The monoisotopic (exact) mass is 382 g/mol. The van der Waals surface area contributed by atoms with Crippen LogP contribution >= 0.6 is 22.6 Å². The van der Waals surface area contributed by atoms with E-state index < -0.39 is 11.9 Å². The zero-order valence-corrected chi connectivity index (χ0v) is 12.6. The van der Waals surface area contributed by atoms with Crippen molar-refractivity contribution in [1.82, 2.24) is 0 Å². The third kappa shape index (κ3) is 4.15. The maximum Gasteiger partial charge on any atom is 0.381 e. The highest BCUT2D eigenvalue weighted by Gasteiger charge is 2.38. The van der Waals surface area contributed by atoms with Crippen molar-refractivity contribution in [1.29, 1.82) is 0 Å². The first-order chi connectivity index (χ1) is 8.92. The molecule has 1 aromatic rings. The summed E-state index contributed by atoms with van der Waals surface area (Å²) >= 11 is 1.74. The Morgan fingerprint density at radius 1 is 1.42 bits per heavy atom. The normalized spacial score (nSPS) is 12.2. The second-order valence-corrected chi connectivity index (χ2v) is 4.70. The van der Waals surface area contributed by atoms with Crippen LogP contribution in [-0.2, 0) is 9.53 Å². The van der Waals surface area contributed by atoms with Gasteiger partial charge in [0.1, 0.15) is 5.75 Å². The number of ether oxygens (including phenoxy) is 2. The fourth-order valence-corrected chi connectivity index (χ4v) is 2.20. The second-order valence-electron chi connectivity index (χ2n) is 3.54. The molecule has 0 saturated carbocycles. The zero-order valence-electron chi connectivity index (χ0n) is 10.5. The van der Waals surface area contributed by atoms with Gasteiger partial charge in [0.2, 0.25) is 0 Å². The molecule has 0 unspecified atom stereocenters. The third-order valence-corrected chi connectivity index (χ3v) is 3.11. The van der Waals surface area contributed by atoms with E-state index in [2.05, 4.69) is 4.74 Å². The molecule has 0 saturated heterocycles. The molecule has 1 aromatic carbocycles. The van der Waals surface area contributed by atoms with Crippen molar-refractivity contribution in [3.63, 3.8) is 0 Å². The van der Waals surface area contributed by atoms with Crippen molar-refractivity contribution in [2.24, 2.45) is 0 Å². The number of alkyl halides is 2. The highest BCUT2D eigenvalue weighted by Crippen LogP contribution is 2.33. The van der Waals surface area contributed by atoms with Crippen LogP contribution in [0.4, 0.5) is 8.78 Å². The summed E-state index contributed by atoms with van der Waals surface area (Å²) in [6.45, 7) is 1.39. The average molecular weight is 382 g/mol. The van der Waals surface area contributed by atoms with E-state index in [1.165, 1.54) is 14.0 Å². The molecule has 104 valence electrons. The van der Waals surface area contributed by atoms with E-state index in [-0.39, 0.29) is 10.2 Å². The molecule has 0 fully saturated rings. The zero-order chi connectivity index (χ0) is 14.5. The van der Waals surface area contributed by atoms with Crippen LogP contribution in [0.25, 0.3) is 3.58 Å². The van der Waals surface area contributed by atoms with Gasteiger partial charge in [-0.05, 0) is 35.6 Å². The SMILES string of the molecule is CCOC(=O)C(F)(F)/C=C(/I)c1ccccc1OC. The summed E-state index contributed by atoms with van der Waals surface area (Å²) in [4.78, 5) is 11.1. The fraction of sp³-hybridized carbons (Fsp3) is 0.308. The van der Waals surface area contributed by atoms with Crippen LogP contribution < -0.4 is 4.74 Å². The molecular weight excluding hydrogens is 369 g/mol. The molecule has 0 radical (unpaired) electrons. The lowest BCUT2D eigenvalue weighted by molar-refractivity contribution is -0.164. The molecule has 0 bridgehead atoms. The van der Waals surface area contributed by atoms with Crippen LogP contribution in [0.1, 0.15) is 12.5 Å². The highest BCUT2D eigenvalue weighted by atomic mass is 127. The number of rotatable bonds is 5. The minimum absolute atomic E-state index is 0.0898. The van der Waals surface area contributed by atoms with E-state index in [1.807, 2.05) is 0 Å². The molecule has 0 aliphatic carbocycles. The highest BCUT2D eigenvalue weighted by molar-refractivity contribution is 14.1. The summed E-state index contributed by atoms with van der Waals surface area (Å²) < 4.78 is 36.8. The molecule has 1 rings (SSSR count). The molecule has 19 heavy (non-hydrogen) atoms. The molecule has 6 heteroatoms. The smallest absolute Gasteiger partial charge is 0.381 e. The molecule has 0 aliphatic rings. The minimum Gasteiger partial charge on any atom is -0.496 e. The van der Waals surface area contributed by atoms with Gasteiger partial charge < -0.3 is 9.47 Å². The van der Waals surface area contributed by atoms with Crippen molar-refractivity contribution in [2.45, 2.75) is 12.8 Å². The maximum atomic E-state index is 13.6. The number of carbonyl (C=O) groups excluding carboxylic acids is 1. The number of hydrogen-bond donors (Lipinski definition) is 0. The molecule has 0 aromatic heterocycles. The first kappa shape index (κ1) is 15.9.